The van der Waals surface area contributed by atoms with Gasteiger partial charge in [0.1, 0.15) is 0 Å². The number of halogens is 1. The maximum atomic E-state index is 11.9. The zero-order valence-corrected chi connectivity index (χ0v) is 12.3. The normalized spacial score (nSPS) is 13.0. The zero-order chi connectivity index (χ0) is 15.1. The molecule has 4 nitrogen and oxygen atoms in total. The fraction of sp³-hybridized carbons (Fsp3) is 0.0588. The lowest BCUT2D eigenvalue weighted by Crippen LogP contribution is -2.12. The van der Waals surface area contributed by atoms with Crippen LogP contribution in [0.25, 0.3) is 22.4 Å². The number of fused-ring (bicyclic) bond motifs is 1. The molecule has 4 rings (SSSR count). The minimum absolute atomic E-state index is 0.0212. The van der Waals surface area contributed by atoms with Crippen molar-refractivity contribution in [3.8, 4) is 22.4 Å². The van der Waals surface area contributed by atoms with E-state index in [-0.39, 0.29) is 5.91 Å². The van der Waals surface area contributed by atoms with E-state index in [4.69, 9.17) is 11.6 Å². The quantitative estimate of drug-likeness (QED) is 0.759. The lowest BCUT2D eigenvalue weighted by Gasteiger charge is -2.10. The summed E-state index contributed by atoms with van der Waals surface area (Å²) in [5.74, 6) is -0.0212. The Hall–Kier alpha value is -2.59. The Kier molecular flexibility index (Phi) is 2.98. The third-order valence-corrected chi connectivity index (χ3v) is 4.10. The van der Waals surface area contributed by atoms with Crippen molar-refractivity contribution in [2.75, 3.05) is 0 Å². The number of aromatic nitrogens is 2. The van der Waals surface area contributed by atoms with Crippen LogP contribution in [-0.4, -0.2) is 16.1 Å². The number of benzene rings is 2. The molecule has 0 saturated heterocycles. The molecule has 1 aromatic heterocycles. The van der Waals surface area contributed by atoms with Crippen LogP contribution in [0.5, 0.6) is 0 Å². The van der Waals surface area contributed by atoms with Gasteiger partial charge in [-0.25, -0.2) is 0 Å². The predicted molar refractivity (Wildman–Crippen MR) is 85.6 cm³/mol. The van der Waals surface area contributed by atoms with Crippen molar-refractivity contribution >= 4 is 17.5 Å². The van der Waals surface area contributed by atoms with Gasteiger partial charge in [-0.3, -0.25) is 9.89 Å². The van der Waals surface area contributed by atoms with Crippen LogP contribution in [0.2, 0.25) is 5.02 Å². The number of amides is 1. The second-order valence-electron chi connectivity index (χ2n) is 5.20. The molecule has 2 N–H and O–H groups in total. The van der Waals surface area contributed by atoms with E-state index in [1.807, 2.05) is 42.5 Å². The Bertz CT molecular complexity index is 872. The maximum absolute atomic E-state index is 11.9. The Morgan fingerprint density at radius 1 is 1.00 bits per heavy atom. The van der Waals surface area contributed by atoms with Crippen molar-refractivity contribution in [1.82, 2.24) is 15.5 Å². The second-order valence-corrected chi connectivity index (χ2v) is 5.64. The minimum atomic E-state index is -0.0212. The van der Waals surface area contributed by atoms with E-state index in [9.17, 15) is 4.79 Å². The first-order valence-electron chi connectivity index (χ1n) is 6.93. The predicted octanol–water partition coefficient (Wildman–Crippen LogP) is 3.64. The van der Waals surface area contributed by atoms with Gasteiger partial charge in [-0.2, -0.15) is 5.10 Å². The highest BCUT2D eigenvalue weighted by Crippen LogP contribution is 2.34. The number of carbonyl (C=O) groups excluding carboxylic acids is 1. The van der Waals surface area contributed by atoms with E-state index in [1.165, 1.54) is 0 Å². The van der Waals surface area contributed by atoms with Crippen molar-refractivity contribution in [2.24, 2.45) is 0 Å². The van der Waals surface area contributed by atoms with Gasteiger partial charge < -0.3 is 5.32 Å². The molecule has 0 fully saturated rings. The van der Waals surface area contributed by atoms with Crippen molar-refractivity contribution in [3.05, 3.63) is 64.8 Å². The van der Waals surface area contributed by atoms with Crippen LogP contribution in [0.3, 0.4) is 0 Å². The molecule has 1 aliphatic rings. The molecule has 0 bridgehead atoms. The van der Waals surface area contributed by atoms with E-state index >= 15 is 0 Å². The second kappa shape index (κ2) is 5.00. The van der Waals surface area contributed by atoms with Crippen molar-refractivity contribution < 1.29 is 4.79 Å². The summed E-state index contributed by atoms with van der Waals surface area (Å²) in [4.78, 5) is 11.9. The summed E-state index contributed by atoms with van der Waals surface area (Å²) in [6.07, 6.45) is 1.77. The molecule has 1 aliphatic heterocycles. The van der Waals surface area contributed by atoms with Gasteiger partial charge >= 0.3 is 0 Å². The van der Waals surface area contributed by atoms with Crippen molar-refractivity contribution in [2.45, 2.75) is 6.54 Å². The SMILES string of the molecule is O=C1NCc2ccc(-c3ccc(Cl)cc3-c3cc[nH]n3)cc21. The van der Waals surface area contributed by atoms with Gasteiger partial charge in [-0.05, 0) is 41.0 Å². The monoisotopic (exact) mass is 309 g/mol. The fourth-order valence-corrected chi connectivity index (χ4v) is 2.94. The first-order valence-corrected chi connectivity index (χ1v) is 7.31. The molecule has 108 valence electrons. The third kappa shape index (κ3) is 2.09. The average Bonchev–Trinajstić information content (AvgIpc) is 3.17. The molecule has 2 aromatic carbocycles. The first-order chi connectivity index (χ1) is 10.7. The molecular formula is C17H12ClN3O. The minimum Gasteiger partial charge on any atom is -0.348 e. The van der Waals surface area contributed by atoms with Crippen LogP contribution >= 0.6 is 11.6 Å². The standard InChI is InChI=1S/C17H12ClN3O/c18-12-3-4-13(15(8-12)16-5-6-20-21-16)10-1-2-11-9-19-17(22)14(11)7-10/h1-8H,9H2,(H,19,22)(H,20,21). The largest absolute Gasteiger partial charge is 0.348 e. The van der Waals surface area contributed by atoms with Crippen molar-refractivity contribution in [1.29, 1.82) is 0 Å². The number of aromatic amines is 1. The molecule has 0 radical (unpaired) electrons. The van der Waals surface area contributed by atoms with Crippen LogP contribution < -0.4 is 5.32 Å². The van der Waals surface area contributed by atoms with Gasteiger partial charge in [-0.15, -0.1) is 0 Å². The summed E-state index contributed by atoms with van der Waals surface area (Å²) in [5, 5.41) is 10.5. The Morgan fingerprint density at radius 2 is 1.91 bits per heavy atom. The molecule has 3 aromatic rings. The highest BCUT2D eigenvalue weighted by Gasteiger charge is 2.20. The number of H-pyrrole nitrogens is 1. The van der Waals surface area contributed by atoms with Gasteiger partial charge in [0.15, 0.2) is 0 Å². The van der Waals surface area contributed by atoms with Gasteiger partial charge in [0, 0.05) is 28.9 Å². The van der Waals surface area contributed by atoms with Crippen LogP contribution in [0.15, 0.2) is 48.7 Å². The maximum Gasteiger partial charge on any atom is 0.251 e. The molecule has 5 heteroatoms. The van der Waals surface area contributed by atoms with E-state index in [0.717, 1.165) is 33.5 Å². The molecule has 0 spiro atoms. The molecule has 2 heterocycles. The van der Waals surface area contributed by atoms with Gasteiger partial charge in [0.05, 0.1) is 5.69 Å². The number of nitrogens with one attached hydrogen (secondary N) is 2. The Labute approximate surface area is 132 Å². The number of hydrogen-bond acceptors (Lipinski definition) is 2. The lowest BCUT2D eigenvalue weighted by atomic mass is 9.95. The van der Waals surface area contributed by atoms with E-state index in [2.05, 4.69) is 15.5 Å². The van der Waals surface area contributed by atoms with Crippen LogP contribution in [0.4, 0.5) is 0 Å². The highest BCUT2D eigenvalue weighted by atomic mass is 35.5. The topological polar surface area (TPSA) is 57.8 Å². The van der Waals surface area contributed by atoms with Crippen molar-refractivity contribution in [3.63, 3.8) is 0 Å². The van der Waals surface area contributed by atoms with E-state index < -0.39 is 0 Å². The van der Waals surface area contributed by atoms with Crippen LogP contribution in [0.1, 0.15) is 15.9 Å². The molecule has 1 amide bonds. The molecule has 0 unspecified atom stereocenters. The van der Waals surface area contributed by atoms with E-state index in [0.29, 0.717) is 11.6 Å². The third-order valence-electron chi connectivity index (χ3n) is 3.86. The number of hydrogen-bond donors (Lipinski definition) is 2. The molecule has 22 heavy (non-hydrogen) atoms. The van der Waals surface area contributed by atoms with Crippen LogP contribution in [0, 0.1) is 0 Å². The molecular weight excluding hydrogens is 298 g/mol. The highest BCUT2D eigenvalue weighted by molar-refractivity contribution is 6.31. The molecule has 0 saturated carbocycles. The first kappa shape index (κ1) is 13.1. The van der Waals surface area contributed by atoms with Gasteiger partial charge in [0.25, 0.3) is 5.91 Å². The summed E-state index contributed by atoms with van der Waals surface area (Å²) < 4.78 is 0. The van der Waals surface area contributed by atoms with Gasteiger partial charge in [-0.1, -0.05) is 29.8 Å². The molecule has 0 aliphatic carbocycles. The summed E-state index contributed by atoms with van der Waals surface area (Å²) >= 11 is 6.14. The zero-order valence-electron chi connectivity index (χ0n) is 11.6. The summed E-state index contributed by atoms with van der Waals surface area (Å²) in [7, 11) is 0. The summed E-state index contributed by atoms with van der Waals surface area (Å²) in [5.41, 5.74) is 5.50. The summed E-state index contributed by atoms with van der Waals surface area (Å²) in [6.45, 7) is 0.598. The fourth-order valence-electron chi connectivity index (χ4n) is 2.77. The number of carbonyl (C=O) groups is 1. The lowest BCUT2D eigenvalue weighted by molar-refractivity contribution is 0.0966. The average molecular weight is 310 g/mol. The molecule has 0 atom stereocenters. The van der Waals surface area contributed by atoms with E-state index in [1.54, 1.807) is 6.20 Å². The number of rotatable bonds is 2. The number of nitrogens with zero attached hydrogens (tertiary/aromatic N) is 1. The Balaban J connectivity index is 1.90. The smallest absolute Gasteiger partial charge is 0.251 e. The van der Waals surface area contributed by atoms with Gasteiger partial charge in [0.2, 0.25) is 0 Å². The van der Waals surface area contributed by atoms with Crippen LogP contribution in [-0.2, 0) is 6.54 Å². The summed E-state index contributed by atoms with van der Waals surface area (Å²) in [6, 6.07) is 13.5. The Morgan fingerprint density at radius 3 is 2.73 bits per heavy atom.